The molecule has 0 spiro atoms. The van der Waals surface area contributed by atoms with E-state index in [1.165, 1.54) is 0 Å². The van der Waals surface area contributed by atoms with E-state index >= 15 is 0 Å². The highest BCUT2D eigenvalue weighted by molar-refractivity contribution is 7.89. The molecule has 0 N–H and O–H groups in total. The molecule has 0 saturated carbocycles. The van der Waals surface area contributed by atoms with Gasteiger partial charge >= 0.3 is 0 Å². The van der Waals surface area contributed by atoms with E-state index in [0.29, 0.717) is 18.0 Å². The lowest BCUT2D eigenvalue weighted by Crippen LogP contribution is -2.37. The molecule has 6 nitrogen and oxygen atoms in total. The van der Waals surface area contributed by atoms with Gasteiger partial charge in [-0.05, 0) is 67.6 Å². The van der Waals surface area contributed by atoms with Gasteiger partial charge in [-0.25, -0.2) is 8.42 Å². The number of hydrogen-bond donors (Lipinski definition) is 0. The van der Waals surface area contributed by atoms with Gasteiger partial charge < -0.3 is 4.74 Å². The summed E-state index contributed by atoms with van der Waals surface area (Å²) in [4.78, 5) is 0.381. The Bertz CT molecular complexity index is 1150. The number of sulfonamides is 1. The molecule has 1 fully saturated rings. The highest BCUT2D eigenvalue weighted by Crippen LogP contribution is 2.33. The Balaban J connectivity index is 1.39. The second-order valence-corrected chi connectivity index (χ2v) is 11.0. The van der Waals surface area contributed by atoms with E-state index in [1.807, 2.05) is 44.2 Å². The number of rotatable bonds is 6. The molecule has 8 heteroatoms. The quantitative estimate of drug-likeness (QED) is 0.551. The third-order valence-electron chi connectivity index (χ3n) is 5.92. The number of ether oxygens (including phenoxy) is 1. The molecule has 0 radical (unpaired) electrons. The zero-order valence-electron chi connectivity index (χ0n) is 18.0. The summed E-state index contributed by atoms with van der Waals surface area (Å²) in [5.41, 5.74) is 3.26. The molecule has 0 atom stereocenters. The fourth-order valence-corrected chi connectivity index (χ4v) is 6.39. The molecule has 2 aromatic carbocycles. The van der Waals surface area contributed by atoms with Crippen molar-refractivity contribution in [2.24, 2.45) is 0 Å². The molecule has 164 valence electrons. The normalized spacial score (nSPS) is 15.8. The summed E-state index contributed by atoms with van der Waals surface area (Å²) in [6.07, 6.45) is 2.27. The van der Waals surface area contributed by atoms with Gasteiger partial charge in [-0.3, -0.25) is 0 Å². The highest BCUT2D eigenvalue weighted by atomic mass is 32.2. The van der Waals surface area contributed by atoms with Gasteiger partial charge in [-0.15, -0.1) is 21.5 Å². The maximum Gasteiger partial charge on any atom is 0.243 e. The van der Waals surface area contributed by atoms with Crippen LogP contribution in [0.4, 0.5) is 0 Å². The lowest BCUT2D eigenvalue weighted by molar-refractivity contribution is 0.318. The SMILES string of the molecule is COc1ccc(Cc2nnc(C3CCN(S(=O)(=O)c4ccc(C)c(C)c4)CC3)s2)cc1. The van der Waals surface area contributed by atoms with Crippen molar-refractivity contribution in [3.63, 3.8) is 0 Å². The van der Waals surface area contributed by atoms with Crippen molar-refractivity contribution in [2.75, 3.05) is 20.2 Å². The molecule has 3 aromatic rings. The molecule has 0 unspecified atom stereocenters. The molecule has 4 rings (SSSR count). The minimum absolute atomic E-state index is 0.258. The molecule has 1 aromatic heterocycles. The van der Waals surface area contributed by atoms with Crippen LogP contribution in [0, 0.1) is 13.8 Å². The minimum Gasteiger partial charge on any atom is -0.497 e. The van der Waals surface area contributed by atoms with Crippen LogP contribution in [0.5, 0.6) is 5.75 Å². The van der Waals surface area contributed by atoms with E-state index in [4.69, 9.17) is 4.74 Å². The first-order valence-electron chi connectivity index (χ1n) is 10.4. The maximum absolute atomic E-state index is 13.0. The molecule has 0 aliphatic carbocycles. The van der Waals surface area contributed by atoms with E-state index in [9.17, 15) is 8.42 Å². The zero-order chi connectivity index (χ0) is 22.0. The van der Waals surface area contributed by atoms with Crippen LogP contribution in [0.25, 0.3) is 0 Å². The number of aromatic nitrogens is 2. The number of hydrogen-bond acceptors (Lipinski definition) is 6. The van der Waals surface area contributed by atoms with Crippen LogP contribution in [-0.2, 0) is 16.4 Å². The fourth-order valence-electron chi connectivity index (χ4n) is 3.79. The fraction of sp³-hybridized carbons (Fsp3) is 0.391. The summed E-state index contributed by atoms with van der Waals surface area (Å²) in [7, 11) is -1.80. The van der Waals surface area contributed by atoms with Crippen LogP contribution in [-0.4, -0.2) is 43.1 Å². The second kappa shape index (κ2) is 9.06. The van der Waals surface area contributed by atoms with Crippen LogP contribution in [0.1, 0.15) is 45.5 Å². The topological polar surface area (TPSA) is 72.4 Å². The van der Waals surface area contributed by atoms with E-state index < -0.39 is 10.0 Å². The van der Waals surface area contributed by atoms with Crippen molar-refractivity contribution >= 4 is 21.4 Å². The van der Waals surface area contributed by atoms with Crippen molar-refractivity contribution in [2.45, 2.75) is 43.9 Å². The van der Waals surface area contributed by atoms with E-state index in [0.717, 1.165) is 51.7 Å². The Labute approximate surface area is 188 Å². The largest absolute Gasteiger partial charge is 0.497 e. The molecular formula is C23H27N3O3S2. The Morgan fingerprint density at radius 1 is 1.03 bits per heavy atom. The van der Waals surface area contributed by atoms with Gasteiger partial charge in [0.25, 0.3) is 0 Å². The molecule has 31 heavy (non-hydrogen) atoms. The zero-order valence-corrected chi connectivity index (χ0v) is 19.7. The predicted molar refractivity (Wildman–Crippen MR) is 122 cm³/mol. The standard InChI is InChI=1S/C23H27N3O3S2/c1-16-4-9-21(14-17(16)2)31(27,28)26-12-10-19(11-13-26)23-25-24-22(30-23)15-18-5-7-20(29-3)8-6-18/h4-9,14,19H,10-13,15H2,1-3H3. The van der Waals surface area contributed by atoms with Gasteiger partial charge in [-0.2, -0.15) is 4.31 Å². The van der Waals surface area contributed by atoms with E-state index in [1.54, 1.807) is 34.9 Å². The van der Waals surface area contributed by atoms with Gasteiger partial charge in [0.2, 0.25) is 10.0 Å². The number of nitrogens with zero attached hydrogens (tertiary/aromatic N) is 3. The van der Waals surface area contributed by atoms with Crippen molar-refractivity contribution in [1.29, 1.82) is 0 Å². The number of methoxy groups -OCH3 is 1. The summed E-state index contributed by atoms with van der Waals surface area (Å²) in [6.45, 7) is 4.95. The van der Waals surface area contributed by atoms with Crippen LogP contribution in [0.3, 0.4) is 0 Å². The van der Waals surface area contributed by atoms with E-state index in [-0.39, 0.29) is 5.92 Å². The predicted octanol–water partition coefficient (Wildman–Crippen LogP) is 4.32. The molecule has 0 amide bonds. The van der Waals surface area contributed by atoms with Gasteiger partial charge in [0.15, 0.2) is 0 Å². The maximum atomic E-state index is 13.0. The van der Waals surface area contributed by atoms with Gasteiger partial charge in [-0.1, -0.05) is 18.2 Å². The first kappa shape index (κ1) is 21.9. The number of benzene rings is 2. The lowest BCUT2D eigenvalue weighted by Gasteiger charge is -2.30. The minimum atomic E-state index is -3.46. The van der Waals surface area contributed by atoms with Crippen LogP contribution in [0.15, 0.2) is 47.4 Å². The Hall–Kier alpha value is -2.29. The smallest absolute Gasteiger partial charge is 0.243 e. The van der Waals surface area contributed by atoms with E-state index in [2.05, 4.69) is 10.2 Å². The van der Waals surface area contributed by atoms with Crippen molar-refractivity contribution in [3.05, 3.63) is 69.2 Å². The third kappa shape index (κ3) is 4.81. The lowest BCUT2D eigenvalue weighted by atomic mass is 9.99. The number of aryl methyl sites for hydroxylation is 2. The van der Waals surface area contributed by atoms with Gasteiger partial charge in [0.05, 0.1) is 12.0 Å². The summed E-state index contributed by atoms with van der Waals surface area (Å²) >= 11 is 1.63. The third-order valence-corrected chi connectivity index (χ3v) is 8.90. The van der Waals surface area contributed by atoms with Gasteiger partial charge in [0, 0.05) is 25.4 Å². The summed E-state index contributed by atoms with van der Waals surface area (Å²) < 4.78 is 32.9. The molecular weight excluding hydrogens is 430 g/mol. The van der Waals surface area contributed by atoms with Crippen molar-refractivity contribution in [3.8, 4) is 5.75 Å². The number of piperidine rings is 1. The molecule has 1 aliphatic heterocycles. The highest BCUT2D eigenvalue weighted by Gasteiger charge is 2.31. The van der Waals surface area contributed by atoms with Gasteiger partial charge in [0.1, 0.15) is 15.8 Å². The van der Waals surface area contributed by atoms with Crippen LogP contribution in [0.2, 0.25) is 0 Å². The average Bonchev–Trinajstić information content (AvgIpc) is 3.24. The first-order valence-corrected chi connectivity index (χ1v) is 12.6. The molecule has 1 saturated heterocycles. The summed E-state index contributed by atoms with van der Waals surface area (Å²) in [5.74, 6) is 1.09. The van der Waals surface area contributed by atoms with Crippen LogP contribution < -0.4 is 4.74 Å². The molecule has 0 bridgehead atoms. The van der Waals surface area contributed by atoms with Crippen LogP contribution >= 0.6 is 11.3 Å². The second-order valence-electron chi connectivity index (χ2n) is 7.98. The Morgan fingerprint density at radius 3 is 2.39 bits per heavy atom. The summed E-state index contributed by atoms with van der Waals surface area (Å²) in [6, 6.07) is 13.3. The van der Waals surface area contributed by atoms with Crippen molar-refractivity contribution in [1.82, 2.24) is 14.5 Å². The molecule has 1 aliphatic rings. The average molecular weight is 458 g/mol. The van der Waals surface area contributed by atoms with Crippen molar-refractivity contribution < 1.29 is 13.2 Å². The first-order chi connectivity index (χ1) is 14.9. The Kier molecular flexibility index (Phi) is 6.41. The monoisotopic (exact) mass is 457 g/mol. The molecule has 2 heterocycles. The summed E-state index contributed by atoms with van der Waals surface area (Å²) in [5, 5.41) is 10.8. The Morgan fingerprint density at radius 2 is 1.74 bits per heavy atom.